The zero-order chi connectivity index (χ0) is 20.5. The lowest BCUT2D eigenvalue weighted by molar-refractivity contribution is 0.373. The van der Waals surface area contributed by atoms with Crippen LogP contribution in [0.4, 0.5) is 11.5 Å². The summed E-state index contributed by atoms with van der Waals surface area (Å²) in [5.41, 5.74) is 7.22. The van der Waals surface area contributed by atoms with Crippen molar-refractivity contribution in [1.29, 1.82) is 0 Å². The summed E-state index contributed by atoms with van der Waals surface area (Å²) in [7, 11) is 1.55. The summed E-state index contributed by atoms with van der Waals surface area (Å²) >= 11 is 0. The van der Waals surface area contributed by atoms with Gasteiger partial charge in [0, 0.05) is 17.4 Å². The second-order valence-electron chi connectivity index (χ2n) is 7.22. The first-order valence-corrected chi connectivity index (χ1v) is 9.73. The Morgan fingerprint density at radius 2 is 1.93 bits per heavy atom. The molecule has 0 unspecified atom stereocenters. The molecule has 0 atom stereocenters. The molecule has 2 aromatic carbocycles. The highest BCUT2D eigenvalue weighted by atomic mass is 16.5. The number of phenolic OH excluding ortho intramolecular Hbond substituents is 1. The number of anilines is 2. The third-order valence-corrected chi connectivity index (χ3v) is 5.22. The van der Waals surface area contributed by atoms with Crippen molar-refractivity contribution in [3.05, 3.63) is 71.4 Å². The Bertz CT molecular complexity index is 1190. The maximum atomic E-state index is 10.0. The van der Waals surface area contributed by atoms with Gasteiger partial charge in [-0.2, -0.15) is 0 Å². The highest BCUT2D eigenvalue weighted by molar-refractivity contribution is 5.82. The number of methoxy groups -OCH3 is 1. The van der Waals surface area contributed by atoms with Crippen molar-refractivity contribution in [3.63, 3.8) is 0 Å². The van der Waals surface area contributed by atoms with Gasteiger partial charge in [0.2, 0.25) is 0 Å². The Labute approximate surface area is 170 Å². The van der Waals surface area contributed by atoms with Crippen molar-refractivity contribution >= 4 is 17.2 Å². The van der Waals surface area contributed by atoms with Crippen molar-refractivity contribution in [1.82, 2.24) is 9.38 Å². The summed E-state index contributed by atoms with van der Waals surface area (Å²) in [6.45, 7) is 6.32. The number of phenols is 1. The first-order chi connectivity index (χ1) is 14.0. The zero-order valence-corrected chi connectivity index (χ0v) is 17.2. The summed E-state index contributed by atoms with van der Waals surface area (Å²) in [6, 6.07) is 15.8. The van der Waals surface area contributed by atoms with Crippen molar-refractivity contribution in [2.24, 2.45) is 0 Å². The van der Waals surface area contributed by atoms with Gasteiger partial charge >= 0.3 is 0 Å². The van der Waals surface area contributed by atoms with Gasteiger partial charge in [0.05, 0.1) is 7.11 Å². The highest BCUT2D eigenvalue weighted by Gasteiger charge is 2.18. The second kappa shape index (κ2) is 7.51. The highest BCUT2D eigenvalue weighted by Crippen LogP contribution is 2.37. The fraction of sp³-hybridized carbons (Fsp3) is 0.208. The topological polar surface area (TPSA) is 58.8 Å². The van der Waals surface area contributed by atoms with Gasteiger partial charge in [-0.25, -0.2) is 4.98 Å². The lowest BCUT2D eigenvalue weighted by Gasteiger charge is -2.15. The molecule has 2 aromatic heterocycles. The maximum absolute atomic E-state index is 10.0. The predicted molar refractivity (Wildman–Crippen MR) is 117 cm³/mol. The Balaban J connectivity index is 1.94. The van der Waals surface area contributed by atoms with Crippen LogP contribution in [0.15, 0.2) is 54.7 Å². The van der Waals surface area contributed by atoms with Gasteiger partial charge in [-0.15, -0.1) is 0 Å². The van der Waals surface area contributed by atoms with Gasteiger partial charge in [-0.3, -0.25) is 4.40 Å². The molecule has 0 fully saturated rings. The van der Waals surface area contributed by atoms with Crippen LogP contribution in [0.25, 0.3) is 16.9 Å². The van der Waals surface area contributed by atoms with E-state index in [1.54, 1.807) is 13.2 Å². The minimum atomic E-state index is 0.109. The molecule has 0 saturated carbocycles. The number of imidazole rings is 1. The van der Waals surface area contributed by atoms with Crippen molar-refractivity contribution in [2.75, 3.05) is 12.4 Å². The molecule has 5 nitrogen and oxygen atoms in total. The van der Waals surface area contributed by atoms with E-state index in [1.165, 1.54) is 11.1 Å². The van der Waals surface area contributed by atoms with Gasteiger partial charge in [0.15, 0.2) is 11.5 Å². The number of nitrogens with one attached hydrogen (secondary N) is 1. The lowest BCUT2D eigenvalue weighted by Crippen LogP contribution is -2.02. The largest absolute Gasteiger partial charge is 0.504 e. The number of para-hydroxylation sites is 1. The van der Waals surface area contributed by atoms with Crippen molar-refractivity contribution in [2.45, 2.75) is 27.2 Å². The summed E-state index contributed by atoms with van der Waals surface area (Å²) in [5, 5.41) is 13.7. The van der Waals surface area contributed by atoms with E-state index in [2.05, 4.69) is 60.8 Å². The van der Waals surface area contributed by atoms with Crippen LogP contribution in [0.1, 0.15) is 23.6 Å². The van der Waals surface area contributed by atoms with Crippen LogP contribution < -0.4 is 10.1 Å². The molecular weight excluding hydrogens is 362 g/mol. The summed E-state index contributed by atoms with van der Waals surface area (Å²) < 4.78 is 7.37. The van der Waals surface area contributed by atoms with E-state index in [0.717, 1.165) is 40.4 Å². The minimum absolute atomic E-state index is 0.109. The van der Waals surface area contributed by atoms with E-state index in [4.69, 9.17) is 9.72 Å². The van der Waals surface area contributed by atoms with E-state index >= 15 is 0 Å². The van der Waals surface area contributed by atoms with E-state index < -0.39 is 0 Å². The summed E-state index contributed by atoms with van der Waals surface area (Å²) in [6.07, 6.45) is 2.97. The molecular formula is C24H25N3O2. The summed E-state index contributed by atoms with van der Waals surface area (Å²) in [4.78, 5) is 4.89. The molecule has 0 spiro atoms. The maximum Gasteiger partial charge on any atom is 0.161 e. The predicted octanol–water partition coefficient (Wildman–Crippen LogP) is 5.64. The minimum Gasteiger partial charge on any atom is -0.504 e. The lowest BCUT2D eigenvalue weighted by atomic mass is 10.1. The smallest absolute Gasteiger partial charge is 0.161 e. The number of nitrogens with zero attached hydrogens (tertiary/aromatic N) is 2. The molecule has 2 N–H and O–H groups in total. The monoisotopic (exact) mass is 387 g/mol. The number of aromatic nitrogens is 2. The van der Waals surface area contributed by atoms with Gasteiger partial charge in [-0.05, 0) is 67.3 Å². The quantitative estimate of drug-likeness (QED) is 0.465. The molecule has 0 saturated heterocycles. The molecule has 0 bridgehead atoms. The van der Waals surface area contributed by atoms with Crippen LogP contribution >= 0.6 is 0 Å². The Kier molecular flexibility index (Phi) is 4.89. The number of ether oxygens (including phenoxy) is 1. The molecule has 4 aromatic rings. The molecule has 0 radical (unpaired) electrons. The van der Waals surface area contributed by atoms with E-state index in [1.807, 2.05) is 18.3 Å². The number of aryl methyl sites for hydroxylation is 3. The normalized spacial score (nSPS) is 11.0. The number of fused-ring (bicyclic) bond motifs is 1. The fourth-order valence-electron chi connectivity index (χ4n) is 3.61. The third kappa shape index (κ3) is 3.40. The van der Waals surface area contributed by atoms with Crippen LogP contribution in [0.2, 0.25) is 0 Å². The zero-order valence-electron chi connectivity index (χ0n) is 17.2. The number of benzene rings is 2. The first kappa shape index (κ1) is 18.9. The van der Waals surface area contributed by atoms with Crippen LogP contribution in [0.3, 0.4) is 0 Å². The van der Waals surface area contributed by atoms with Crippen LogP contribution in [-0.4, -0.2) is 21.6 Å². The van der Waals surface area contributed by atoms with Crippen LogP contribution in [0.5, 0.6) is 11.5 Å². The average molecular weight is 387 g/mol. The first-order valence-electron chi connectivity index (χ1n) is 9.73. The molecule has 0 amide bonds. The van der Waals surface area contributed by atoms with Crippen LogP contribution in [-0.2, 0) is 6.42 Å². The fourth-order valence-corrected chi connectivity index (χ4v) is 3.61. The average Bonchev–Trinajstić information content (AvgIpc) is 3.07. The molecule has 2 heterocycles. The van der Waals surface area contributed by atoms with E-state index in [9.17, 15) is 5.11 Å². The molecule has 4 rings (SSSR count). The Hall–Kier alpha value is -3.47. The van der Waals surface area contributed by atoms with Gasteiger partial charge < -0.3 is 15.2 Å². The second-order valence-corrected chi connectivity index (χ2v) is 7.22. The van der Waals surface area contributed by atoms with Gasteiger partial charge in [0.25, 0.3) is 0 Å². The molecule has 5 heteroatoms. The Morgan fingerprint density at radius 3 is 2.69 bits per heavy atom. The van der Waals surface area contributed by atoms with Crippen molar-refractivity contribution in [3.8, 4) is 22.8 Å². The third-order valence-electron chi connectivity index (χ3n) is 5.22. The molecule has 0 aliphatic rings. The van der Waals surface area contributed by atoms with Gasteiger partial charge in [-0.1, -0.05) is 25.1 Å². The standard InChI is InChI=1S/C24H25N3O2/c1-5-17-8-6-7-16(3)22(17)26-24-23(18-9-10-19(28)20(14-18)29-4)25-21-13-15(2)11-12-27(21)24/h6-14,26,28H,5H2,1-4H3. The molecule has 0 aliphatic carbocycles. The van der Waals surface area contributed by atoms with Crippen LogP contribution in [0, 0.1) is 13.8 Å². The molecule has 0 aliphatic heterocycles. The van der Waals surface area contributed by atoms with E-state index in [-0.39, 0.29) is 5.75 Å². The summed E-state index contributed by atoms with van der Waals surface area (Å²) in [5.74, 6) is 1.42. The Morgan fingerprint density at radius 1 is 1.10 bits per heavy atom. The van der Waals surface area contributed by atoms with Crippen molar-refractivity contribution < 1.29 is 9.84 Å². The number of aromatic hydroxyl groups is 1. The van der Waals surface area contributed by atoms with Gasteiger partial charge in [0.1, 0.15) is 17.2 Å². The molecule has 148 valence electrons. The SMILES string of the molecule is CCc1cccc(C)c1Nc1c(-c2ccc(O)c(OC)c2)nc2cc(C)ccn12. The number of rotatable bonds is 5. The van der Waals surface area contributed by atoms with E-state index in [0.29, 0.717) is 5.75 Å². The number of hydrogen-bond acceptors (Lipinski definition) is 4. The number of hydrogen-bond donors (Lipinski definition) is 2. The molecule has 29 heavy (non-hydrogen) atoms. The number of pyridine rings is 1.